The molecule has 0 radical (unpaired) electrons. The van der Waals surface area contributed by atoms with Crippen molar-refractivity contribution in [1.29, 1.82) is 0 Å². The fraction of sp³-hybridized carbons (Fsp3) is 0.385. The van der Waals surface area contributed by atoms with Crippen LogP contribution >= 0.6 is 15.9 Å². The first kappa shape index (κ1) is 13.2. The highest BCUT2D eigenvalue weighted by Crippen LogP contribution is 2.25. The zero-order valence-electron chi connectivity index (χ0n) is 10.5. The minimum Gasteiger partial charge on any atom is -0.419 e. The minimum atomic E-state index is 0.571. The van der Waals surface area contributed by atoms with Crippen LogP contribution in [0.15, 0.2) is 27.1 Å². The highest BCUT2D eigenvalue weighted by molar-refractivity contribution is 9.10. The Hall–Kier alpha value is -1.20. The lowest BCUT2D eigenvalue weighted by molar-refractivity contribution is 0.477. The quantitative estimate of drug-likeness (QED) is 0.861. The Morgan fingerprint density at radius 1 is 1.33 bits per heavy atom. The highest BCUT2D eigenvalue weighted by Gasteiger charge is 2.10. The summed E-state index contributed by atoms with van der Waals surface area (Å²) < 4.78 is 6.65. The van der Waals surface area contributed by atoms with Crippen LogP contribution in [0.4, 0.5) is 0 Å². The molecule has 0 amide bonds. The molecule has 1 heterocycles. The van der Waals surface area contributed by atoms with Crippen molar-refractivity contribution < 1.29 is 4.42 Å². The predicted molar refractivity (Wildman–Crippen MR) is 74.2 cm³/mol. The molecule has 2 aromatic rings. The third kappa shape index (κ3) is 3.17. The molecular formula is C13H16BrN3O. The predicted octanol–water partition coefficient (Wildman–Crippen LogP) is 3.31. The number of rotatable bonds is 5. The molecule has 0 spiro atoms. The molecule has 1 aromatic carbocycles. The van der Waals surface area contributed by atoms with Crippen molar-refractivity contribution in [2.24, 2.45) is 0 Å². The molecule has 0 unspecified atom stereocenters. The van der Waals surface area contributed by atoms with Gasteiger partial charge in [0.05, 0.1) is 6.54 Å². The van der Waals surface area contributed by atoms with Crippen LogP contribution in [0.1, 0.15) is 24.8 Å². The molecule has 5 heteroatoms. The molecule has 0 fully saturated rings. The molecule has 96 valence electrons. The summed E-state index contributed by atoms with van der Waals surface area (Å²) in [7, 11) is 0. The van der Waals surface area contributed by atoms with E-state index >= 15 is 0 Å². The van der Waals surface area contributed by atoms with Gasteiger partial charge in [-0.25, -0.2) is 0 Å². The number of nitrogens with one attached hydrogen (secondary N) is 1. The maximum atomic E-state index is 5.65. The second-order valence-corrected chi connectivity index (χ2v) is 5.05. The number of aromatic nitrogens is 2. The third-order valence-electron chi connectivity index (χ3n) is 2.60. The molecule has 0 aliphatic rings. The first-order valence-electron chi connectivity index (χ1n) is 6.00. The van der Waals surface area contributed by atoms with Crippen LogP contribution in [0.2, 0.25) is 0 Å². The summed E-state index contributed by atoms with van der Waals surface area (Å²) in [5, 5.41) is 11.4. The lowest BCUT2D eigenvalue weighted by Crippen LogP contribution is -2.13. The van der Waals surface area contributed by atoms with Crippen LogP contribution in [0.3, 0.4) is 0 Å². The molecule has 0 aliphatic heterocycles. The molecule has 0 aliphatic carbocycles. The van der Waals surface area contributed by atoms with Crippen molar-refractivity contribution in [3.05, 3.63) is 34.1 Å². The summed E-state index contributed by atoms with van der Waals surface area (Å²) in [5.41, 5.74) is 2.09. The Bertz CT molecular complexity index is 525. The van der Waals surface area contributed by atoms with Gasteiger partial charge in [-0.05, 0) is 37.6 Å². The first-order valence-corrected chi connectivity index (χ1v) is 6.79. The average molecular weight is 310 g/mol. The molecular weight excluding hydrogens is 294 g/mol. The Balaban J connectivity index is 2.16. The maximum Gasteiger partial charge on any atom is 0.248 e. The van der Waals surface area contributed by atoms with E-state index in [1.807, 2.05) is 25.1 Å². The molecule has 2 rings (SSSR count). The molecule has 0 saturated carbocycles. The van der Waals surface area contributed by atoms with E-state index < -0.39 is 0 Å². The van der Waals surface area contributed by atoms with Gasteiger partial charge in [0.2, 0.25) is 11.8 Å². The smallest absolute Gasteiger partial charge is 0.248 e. The van der Waals surface area contributed by atoms with Gasteiger partial charge in [0.15, 0.2) is 0 Å². The van der Waals surface area contributed by atoms with Crippen molar-refractivity contribution in [3.63, 3.8) is 0 Å². The molecule has 0 atom stereocenters. The Morgan fingerprint density at radius 3 is 2.94 bits per heavy atom. The van der Waals surface area contributed by atoms with Crippen molar-refractivity contribution in [3.8, 4) is 11.5 Å². The largest absolute Gasteiger partial charge is 0.419 e. The highest BCUT2D eigenvalue weighted by atomic mass is 79.9. The van der Waals surface area contributed by atoms with Gasteiger partial charge in [-0.2, -0.15) is 0 Å². The number of hydrogen-bond donors (Lipinski definition) is 1. The van der Waals surface area contributed by atoms with Gasteiger partial charge in [-0.15, -0.1) is 10.2 Å². The van der Waals surface area contributed by atoms with Crippen LogP contribution in [0, 0.1) is 6.92 Å². The van der Waals surface area contributed by atoms with Crippen molar-refractivity contribution in [2.45, 2.75) is 26.8 Å². The number of nitrogens with zero attached hydrogens (tertiary/aromatic N) is 2. The fourth-order valence-electron chi connectivity index (χ4n) is 1.63. The van der Waals surface area contributed by atoms with E-state index in [0.29, 0.717) is 18.3 Å². The van der Waals surface area contributed by atoms with Gasteiger partial charge in [-0.1, -0.05) is 28.9 Å². The minimum absolute atomic E-state index is 0.571. The summed E-state index contributed by atoms with van der Waals surface area (Å²) in [4.78, 5) is 0. The van der Waals surface area contributed by atoms with Crippen LogP contribution < -0.4 is 5.32 Å². The van der Waals surface area contributed by atoms with E-state index in [4.69, 9.17) is 4.42 Å². The second kappa shape index (κ2) is 6.11. The standard InChI is InChI=1S/C13H16BrN3O/c1-3-6-15-8-12-16-17-13(18-12)11-7-10(14)5-4-9(11)2/h4-5,7,15H,3,6,8H2,1-2H3. The monoisotopic (exact) mass is 309 g/mol. The van der Waals surface area contributed by atoms with Crippen LogP contribution in [-0.4, -0.2) is 16.7 Å². The summed E-state index contributed by atoms with van der Waals surface area (Å²) in [6.07, 6.45) is 1.09. The third-order valence-corrected chi connectivity index (χ3v) is 3.09. The van der Waals surface area contributed by atoms with Gasteiger partial charge in [-0.3, -0.25) is 0 Å². The zero-order chi connectivity index (χ0) is 13.0. The number of aryl methyl sites for hydroxylation is 1. The zero-order valence-corrected chi connectivity index (χ0v) is 12.1. The number of benzene rings is 1. The summed E-state index contributed by atoms with van der Waals surface area (Å²) in [6, 6.07) is 6.02. The topological polar surface area (TPSA) is 51.0 Å². The van der Waals surface area contributed by atoms with Crippen LogP contribution in [0.25, 0.3) is 11.5 Å². The summed E-state index contributed by atoms with van der Waals surface area (Å²) in [5.74, 6) is 1.19. The van der Waals surface area contributed by atoms with Crippen molar-refractivity contribution in [2.75, 3.05) is 6.54 Å². The summed E-state index contributed by atoms with van der Waals surface area (Å²) >= 11 is 3.45. The second-order valence-electron chi connectivity index (χ2n) is 4.14. The lowest BCUT2D eigenvalue weighted by atomic mass is 10.1. The molecule has 4 nitrogen and oxygen atoms in total. The fourth-order valence-corrected chi connectivity index (χ4v) is 1.99. The van der Waals surface area contributed by atoms with E-state index in [1.54, 1.807) is 0 Å². The molecule has 1 N–H and O–H groups in total. The van der Waals surface area contributed by atoms with Gasteiger partial charge < -0.3 is 9.73 Å². The van der Waals surface area contributed by atoms with Crippen molar-refractivity contribution >= 4 is 15.9 Å². The Kier molecular flexibility index (Phi) is 4.49. The van der Waals surface area contributed by atoms with Crippen LogP contribution in [-0.2, 0) is 6.54 Å². The van der Waals surface area contributed by atoms with Gasteiger partial charge in [0.25, 0.3) is 0 Å². The first-order chi connectivity index (χ1) is 8.70. The SMILES string of the molecule is CCCNCc1nnc(-c2cc(Br)ccc2C)o1. The normalized spacial score (nSPS) is 10.8. The van der Waals surface area contributed by atoms with E-state index in [-0.39, 0.29) is 0 Å². The van der Waals surface area contributed by atoms with Gasteiger partial charge in [0.1, 0.15) is 0 Å². The maximum absolute atomic E-state index is 5.65. The Morgan fingerprint density at radius 2 is 2.17 bits per heavy atom. The average Bonchev–Trinajstić information content (AvgIpc) is 2.81. The molecule has 0 bridgehead atoms. The molecule has 18 heavy (non-hydrogen) atoms. The van der Waals surface area contributed by atoms with Crippen LogP contribution in [0.5, 0.6) is 0 Å². The van der Waals surface area contributed by atoms with E-state index in [0.717, 1.165) is 28.6 Å². The lowest BCUT2D eigenvalue weighted by Gasteiger charge is -2.01. The number of hydrogen-bond acceptors (Lipinski definition) is 4. The Labute approximate surface area is 115 Å². The molecule has 1 aromatic heterocycles. The van der Waals surface area contributed by atoms with E-state index in [2.05, 4.69) is 38.4 Å². The number of halogens is 1. The van der Waals surface area contributed by atoms with Gasteiger partial charge in [0, 0.05) is 10.0 Å². The van der Waals surface area contributed by atoms with Crippen molar-refractivity contribution in [1.82, 2.24) is 15.5 Å². The van der Waals surface area contributed by atoms with E-state index in [1.165, 1.54) is 0 Å². The molecule has 0 saturated heterocycles. The van der Waals surface area contributed by atoms with E-state index in [9.17, 15) is 0 Å². The van der Waals surface area contributed by atoms with Gasteiger partial charge >= 0.3 is 0 Å². The summed E-state index contributed by atoms with van der Waals surface area (Å²) in [6.45, 7) is 5.72.